The number of hydrogen-bond donors (Lipinski definition) is 0. The molecule has 0 aromatic rings. The molecule has 0 aliphatic heterocycles. The van der Waals surface area contributed by atoms with Crippen LogP contribution in [0.1, 0.15) is 52.4 Å². The van der Waals surface area contributed by atoms with Crippen LogP contribution in [0.2, 0.25) is 0 Å². The third-order valence-electron chi connectivity index (χ3n) is 1.95. The van der Waals surface area contributed by atoms with Crippen molar-refractivity contribution in [3.8, 4) is 0 Å². The van der Waals surface area contributed by atoms with Crippen molar-refractivity contribution in [3.63, 3.8) is 0 Å². The van der Waals surface area contributed by atoms with Gasteiger partial charge in [-0.05, 0) is 25.7 Å². The van der Waals surface area contributed by atoms with E-state index in [4.69, 9.17) is 0 Å². The molecule has 0 fully saturated rings. The summed E-state index contributed by atoms with van der Waals surface area (Å²) in [6.07, 6.45) is 7.22. The molecule has 0 aromatic carbocycles. The van der Waals surface area contributed by atoms with Crippen LogP contribution in [0.15, 0.2) is 0 Å². The molecule has 0 radical (unpaired) electrons. The van der Waals surface area contributed by atoms with E-state index in [0.717, 1.165) is 24.3 Å². The fraction of sp³-hybridized carbons (Fsp3) is 1.00. The first-order valence-electron chi connectivity index (χ1n) is 5.16. The summed E-state index contributed by atoms with van der Waals surface area (Å²) >= 11 is -0.523. The fourth-order valence-corrected chi connectivity index (χ4v) is 2.38. The van der Waals surface area contributed by atoms with Gasteiger partial charge in [-0.15, -0.1) is 0 Å². The summed E-state index contributed by atoms with van der Waals surface area (Å²) in [5.41, 5.74) is 0. The fourth-order valence-electron chi connectivity index (χ4n) is 1.13. The molecule has 0 rings (SSSR count). The molecule has 2 heteroatoms. The Hall–Kier alpha value is 0.310. The number of unbranched alkanes of at least 4 members (excludes halogenated alkanes) is 4. The van der Waals surface area contributed by atoms with Crippen LogP contribution in [0, 0.1) is 0 Å². The van der Waals surface area contributed by atoms with Crippen molar-refractivity contribution in [1.82, 2.24) is 0 Å². The average molecular weight is 190 g/mol. The first-order chi connectivity index (χ1) is 5.81. The van der Waals surface area contributed by atoms with Crippen LogP contribution in [0.3, 0.4) is 0 Å². The van der Waals surface area contributed by atoms with E-state index < -0.39 is 11.2 Å². The Morgan fingerprint density at radius 1 is 0.833 bits per heavy atom. The van der Waals surface area contributed by atoms with Gasteiger partial charge in [-0.3, -0.25) is 0 Å². The summed E-state index contributed by atoms with van der Waals surface area (Å²) in [4.78, 5) is 0. The van der Waals surface area contributed by atoms with Crippen LogP contribution in [0.25, 0.3) is 0 Å². The molecule has 0 bridgehead atoms. The SMILES string of the molecule is CCCCC[S+]([O-])CCCCC. The Bertz CT molecular complexity index is 75.9. The smallest absolute Gasteiger partial charge is 0.105 e. The van der Waals surface area contributed by atoms with Crippen LogP contribution in [-0.2, 0) is 11.2 Å². The zero-order chi connectivity index (χ0) is 9.23. The van der Waals surface area contributed by atoms with E-state index in [-0.39, 0.29) is 0 Å². The quantitative estimate of drug-likeness (QED) is 0.426. The Morgan fingerprint density at radius 3 is 1.58 bits per heavy atom. The van der Waals surface area contributed by atoms with Crippen molar-refractivity contribution in [1.29, 1.82) is 0 Å². The lowest BCUT2D eigenvalue weighted by molar-refractivity contribution is 0.585. The minimum Gasteiger partial charge on any atom is -0.616 e. The van der Waals surface area contributed by atoms with Gasteiger partial charge in [-0.1, -0.05) is 37.9 Å². The van der Waals surface area contributed by atoms with E-state index in [2.05, 4.69) is 13.8 Å². The predicted molar refractivity (Wildman–Crippen MR) is 56.9 cm³/mol. The zero-order valence-corrected chi connectivity index (χ0v) is 9.29. The molecule has 0 amide bonds. The van der Waals surface area contributed by atoms with Gasteiger partial charge in [-0.25, -0.2) is 0 Å². The summed E-state index contributed by atoms with van der Waals surface area (Å²) < 4.78 is 11.3. The van der Waals surface area contributed by atoms with E-state index in [9.17, 15) is 4.55 Å². The molecule has 0 saturated heterocycles. The number of hydrogen-bond acceptors (Lipinski definition) is 1. The van der Waals surface area contributed by atoms with Gasteiger partial charge >= 0.3 is 0 Å². The highest BCUT2D eigenvalue weighted by molar-refractivity contribution is 7.91. The van der Waals surface area contributed by atoms with E-state index in [1.807, 2.05) is 0 Å². The van der Waals surface area contributed by atoms with Crippen molar-refractivity contribution >= 4 is 11.2 Å². The zero-order valence-electron chi connectivity index (χ0n) is 8.47. The maximum atomic E-state index is 11.3. The molecule has 0 aliphatic carbocycles. The monoisotopic (exact) mass is 190 g/mol. The van der Waals surface area contributed by atoms with Crippen LogP contribution >= 0.6 is 0 Å². The molecule has 1 nitrogen and oxygen atoms in total. The molecule has 12 heavy (non-hydrogen) atoms. The van der Waals surface area contributed by atoms with E-state index in [1.165, 1.54) is 25.7 Å². The molecular formula is C10H22OS. The number of rotatable bonds is 8. The summed E-state index contributed by atoms with van der Waals surface area (Å²) in [6.45, 7) is 4.36. The lowest BCUT2D eigenvalue weighted by atomic mass is 10.3. The predicted octanol–water partition coefficient (Wildman–Crippen LogP) is 3.12. The largest absolute Gasteiger partial charge is 0.616 e. The molecule has 0 aliphatic rings. The van der Waals surface area contributed by atoms with Crippen molar-refractivity contribution in [2.45, 2.75) is 52.4 Å². The topological polar surface area (TPSA) is 23.1 Å². The lowest BCUT2D eigenvalue weighted by Crippen LogP contribution is -2.10. The van der Waals surface area contributed by atoms with Crippen molar-refractivity contribution < 1.29 is 4.55 Å². The van der Waals surface area contributed by atoms with Gasteiger partial charge in [0.25, 0.3) is 0 Å². The van der Waals surface area contributed by atoms with Gasteiger partial charge in [-0.2, -0.15) is 0 Å². The van der Waals surface area contributed by atoms with E-state index in [0.29, 0.717) is 0 Å². The molecule has 0 saturated carbocycles. The van der Waals surface area contributed by atoms with Crippen molar-refractivity contribution in [2.24, 2.45) is 0 Å². The maximum absolute atomic E-state index is 11.3. The Balaban J connectivity index is 3.04. The standard InChI is InChI=1S/C10H22OS/c1-3-5-7-9-12(11)10-8-6-4-2/h3-10H2,1-2H3. The highest BCUT2D eigenvalue weighted by Gasteiger charge is 2.03. The Morgan fingerprint density at radius 2 is 1.25 bits per heavy atom. The second-order valence-electron chi connectivity index (χ2n) is 3.26. The normalized spacial score (nSPS) is 11.0. The summed E-state index contributed by atoms with van der Waals surface area (Å²) in [5.74, 6) is 1.86. The van der Waals surface area contributed by atoms with Crippen molar-refractivity contribution in [3.05, 3.63) is 0 Å². The summed E-state index contributed by atoms with van der Waals surface area (Å²) in [6, 6.07) is 0. The van der Waals surface area contributed by atoms with Gasteiger partial charge in [0.1, 0.15) is 11.5 Å². The van der Waals surface area contributed by atoms with Crippen LogP contribution in [-0.4, -0.2) is 16.1 Å². The molecular weight excluding hydrogens is 168 g/mol. The van der Waals surface area contributed by atoms with Crippen LogP contribution in [0.4, 0.5) is 0 Å². The third kappa shape index (κ3) is 8.41. The molecule has 0 spiro atoms. The molecule has 0 unspecified atom stereocenters. The summed E-state index contributed by atoms with van der Waals surface area (Å²) in [5, 5.41) is 0. The first kappa shape index (κ1) is 12.3. The molecule has 74 valence electrons. The average Bonchev–Trinajstić information content (AvgIpc) is 2.06. The summed E-state index contributed by atoms with van der Waals surface area (Å²) in [7, 11) is 0. The van der Waals surface area contributed by atoms with E-state index in [1.54, 1.807) is 0 Å². The molecule has 0 N–H and O–H groups in total. The van der Waals surface area contributed by atoms with Crippen molar-refractivity contribution in [2.75, 3.05) is 11.5 Å². The van der Waals surface area contributed by atoms with Gasteiger partial charge in [0.05, 0.1) is 0 Å². The lowest BCUT2D eigenvalue weighted by Gasteiger charge is -2.09. The van der Waals surface area contributed by atoms with Gasteiger partial charge < -0.3 is 4.55 Å². The van der Waals surface area contributed by atoms with Crippen LogP contribution < -0.4 is 0 Å². The van der Waals surface area contributed by atoms with Crippen LogP contribution in [0.5, 0.6) is 0 Å². The highest BCUT2D eigenvalue weighted by Crippen LogP contribution is 2.04. The Kier molecular flexibility index (Phi) is 9.64. The maximum Gasteiger partial charge on any atom is 0.105 e. The third-order valence-corrected chi connectivity index (χ3v) is 3.44. The van der Waals surface area contributed by atoms with Gasteiger partial charge in [0, 0.05) is 0 Å². The minimum absolute atomic E-state index is 0.523. The first-order valence-corrected chi connectivity index (χ1v) is 6.65. The Labute approximate surface area is 80.1 Å². The minimum atomic E-state index is -0.523. The second kappa shape index (κ2) is 9.40. The van der Waals surface area contributed by atoms with Gasteiger partial charge in [0.2, 0.25) is 0 Å². The molecule has 0 aromatic heterocycles. The van der Waals surface area contributed by atoms with E-state index >= 15 is 0 Å². The second-order valence-corrected chi connectivity index (χ2v) is 4.96. The molecule has 0 heterocycles. The highest BCUT2D eigenvalue weighted by atomic mass is 32.2. The molecule has 0 atom stereocenters. The van der Waals surface area contributed by atoms with Gasteiger partial charge in [0.15, 0.2) is 0 Å².